The van der Waals surface area contributed by atoms with Gasteiger partial charge in [-0.1, -0.05) is 0 Å². The summed E-state index contributed by atoms with van der Waals surface area (Å²) in [5, 5.41) is 9.06. The highest BCUT2D eigenvalue weighted by Gasteiger charge is 2.57. The van der Waals surface area contributed by atoms with Crippen LogP contribution >= 0.6 is 0 Å². The fourth-order valence-corrected chi connectivity index (χ4v) is 3.29. The molecule has 7 heteroatoms. The molecular formula is C11H12FNO4S. The molecule has 0 unspecified atom stereocenters. The lowest BCUT2D eigenvalue weighted by molar-refractivity contribution is -0.142. The van der Waals surface area contributed by atoms with E-state index in [0.717, 1.165) is 28.6 Å². The molecule has 0 heterocycles. The normalized spacial score (nSPS) is 17.7. The van der Waals surface area contributed by atoms with E-state index in [1.54, 1.807) is 0 Å². The Labute approximate surface area is 104 Å². The van der Waals surface area contributed by atoms with Gasteiger partial charge in [-0.15, -0.1) is 0 Å². The first kappa shape index (κ1) is 13.0. The fourth-order valence-electron chi connectivity index (χ4n) is 1.78. The average Bonchev–Trinajstić information content (AvgIpc) is 3.09. The summed E-state index contributed by atoms with van der Waals surface area (Å²) in [6.07, 6.45) is 0.582. The van der Waals surface area contributed by atoms with Crippen LogP contribution in [0.4, 0.5) is 4.39 Å². The van der Waals surface area contributed by atoms with E-state index < -0.39 is 27.3 Å². The van der Waals surface area contributed by atoms with Crippen molar-refractivity contribution in [1.29, 1.82) is 0 Å². The average molecular weight is 273 g/mol. The Bertz CT molecular complexity index is 578. The van der Waals surface area contributed by atoms with Crippen LogP contribution in [0.1, 0.15) is 12.8 Å². The van der Waals surface area contributed by atoms with Crippen LogP contribution in [0, 0.1) is 5.82 Å². The molecule has 0 spiro atoms. The SMILES string of the molecule is CN(C1(C(=O)O)CC1)S(=O)(=O)c1ccc(F)cc1. The first-order valence-electron chi connectivity index (χ1n) is 5.29. The quantitative estimate of drug-likeness (QED) is 0.890. The van der Waals surface area contributed by atoms with E-state index in [0.29, 0.717) is 12.8 Å². The van der Waals surface area contributed by atoms with E-state index in [1.807, 2.05) is 0 Å². The van der Waals surface area contributed by atoms with Gasteiger partial charge in [0.25, 0.3) is 0 Å². The van der Waals surface area contributed by atoms with Crippen LogP contribution in [0.3, 0.4) is 0 Å². The minimum Gasteiger partial charge on any atom is -0.480 e. The zero-order chi connectivity index (χ0) is 13.6. The Kier molecular flexibility index (Phi) is 2.90. The Hall–Kier alpha value is -1.47. The molecule has 0 atom stereocenters. The summed E-state index contributed by atoms with van der Waals surface area (Å²) in [5.41, 5.74) is -1.34. The molecular weight excluding hydrogens is 261 g/mol. The van der Waals surface area contributed by atoms with Crippen molar-refractivity contribution in [1.82, 2.24) is 4.31 Å². The van der Waals surface area contributed by atoms with Crippen LogP contribution in [0.5, 0.6) is 0 Å². The molecule has 0 saturated heterocycles. The fraction of sp³-hybridized carbons (Fsp3) is 0.364. The van der Waals surface area contributed by atoms with Crippen molar-refractivity contribution in [2.75, 3.05) is 7.05 Å². The molecule has 0 aliphatic heterocycles. The van der Waals surface area contributed by atoms with Gasteiger partial charge in [-0.3, -0.25) is 4.79 Å². The van der Waals surface area contributed by atoms with Crippen molar-refractivity contribution < 1.29 is 22.7 Å². The summed E-state index contributed by atoms with van der Waals surface area (Å²) in [7, 11) is -2.67. The van der Waals surface area contributed by atoms with Gasteiger partial charge in [-0.2, -0.15) is 4.31 Å². The molecule has 5 nitrogen and oxygen atoms in total. The molecule has 1 aromatic rings. The second kappa shape index (κ2) is 4.03. The number of hydrogen-bond donors (Lipinski definition) is 1. The summed E-state index contributed by atoms with van der Waals surface area (Å²) in [4.78, 5) is 11.0. The Morgan fingerprint density at radius 2 is 1.83 bits per heavy atom. The third-order valence-corrected chi connectivity index (χ3v) is 5.13. The van der Waals surface area contributed by atoms with Gasteiger partial charge in [-0.05, 0) is 37.1 Å². The van der Waals surface area contributed by atoms with Crippen molar-refractivity contribution in [3.05, 3.63) is 30.1 Å². The monoisotopic (exact) mass is 273 g/mol. The summed E-state index contributed by atoms with van der Waals surface area (Å²) < 4.78 is 38.0. The van der Waals surface area contributed by atoms with E-state index in [1.165, 1.54) is 7.05 Å². The zero-order valence-electron chi connectivity index (χ0n) is 9.63. The number of benzene rings is 1. The van der Waals surface area contributed by atoms with Crippen molar-refractivity contribution >= 4 is 16.0 Å². The van der Waals surface area contributed by atoms with Crippen molar-refractivity contribution in [3.8, 4) is 0 Å². The first-order chi connectivity index (χ1) is 8.30. The van der Waals surface area contributed by atoms with E-state index in [9.17, 15) is 17.6 Å². The van der Waals surface area contributed by atoms with E-state index in [2.05, 4.69) is 0 Å². The molecule has 0 aromatic heterocycles. The maximum absolute atomic E-state index is 12.7. The van der Waals surface area contributed by atoms with Crippen LogP contribution in [0.15, 0.2) is 29.2 Å². The molecule has 1 aliphatic carbocycles. The highest BCUT2D eigenvalue weighted by molar-refractivity contribution is 7.89. The highest BCUT2D eigenvalue weighted by Crippen LogP contribution is 2.43. The summed E-state index contributed by atoms with van der Waals surface area (Å²) >= 11 is 0. The predicted molar refractivity (Wildman–Crippen MR) is 60.9 cm³/mol. The minimum absolute atomic E-state index is 0.112. The lowest BCUT2D eigenvalue weighted by Gasteiger charge is -2.23. The zero-order valence-corrected chi connectivity index (χ0v) is 10.4. The highest BCUT2D eigenvalue weighted by atomic mass is 32.2. The Morgan fingerprint density at radius 3 is 2.22 bits per heavy atom. The van der Waals surface area contributed by atoms with Crippen LogP contribution in [0.2, 0.25) is 0 Å². The summed E-state index contributed by atoms with van der Waals surface area (Å²) in [6, 6.07) is 4.31. The number of carboxylic acid groups (broad SMARTS) is 1. The number of nitrogens with zero attached hydrogens (tertiary/aromatic N) is 1. The Balaban J connectivity index is 2.38. The van der Waals surface area contributed by atoms with E-state index in [4.69, 9.17) is 5.11 Å². The summed E-state index contributed by atoms with van der Waals surface area (Å²) in [5.74, 6) is -1.70. The molecule has 1 N–H and O–H groups in total. The van der Waals surface area contributed by atoms with Crippen LogP contribution in [0.25, 0.3) is 0 Å². The van der Waals surface area contributed by atoms with Crippen LogP contribution in [-0.2, 0) is 14.8 Å². The van der Waals surface area contributed by atoms with Crippen molar-refractivity contribution in [2.24, 2.45) is 0 Å². The number of hydrogen-bond acceptors (Lipinski definition) is 3. The van der Waals surface area contributed by atoms with Gasteiger partial charge >= 0.3 is 5.97 Å². The molecule has 1 fully saturated rings. The molecule has 18 heavy (non-hydrogen) atoms. The molecule has 0 radical (unpaired) electrons. The largest absolute Gasteiger partial charge is 0.480 e. The van der Waals surface area contributed by atoms with Crippen molar-refractivity contribution in [2.45, 2.75) is 23.3 Å². The second-order valence-electron chi connectivity index (χ2n) is 4.26. The number of aliphatic carboxylic acids is 1. The van der Waals surface area contributed by atoms with Gasteiger partial charge in [0.2, 0.25) is 10.0 Å². The molecule has 1 aromatic carbocycles. The number of rotatable bonds is 4. The maximum Gasteiger partial charge on any atom is 0.325 e. The van der Waals surface area contributed by atoms with E-state index >= 15 is 0 Å². The molecule has 0 amide bonds. The van der Waals surface area contributed by atoms with Crippen molar-refractivity contribution in [3.63, 3.8) is 0 Å². The number of carboxylic acids is 1. The summed E-state index contributed by atoms with van der Waals surface area (Å²) in [6.45, 7) is 0. The number of likely N-dealkylation sites (N-methyl/N-ethyl adjacent to an activating group) is 1. The van der Waals surface area contributed by atoms with Gasteiger partial charge in [0.05, 0.1) is 4.90 Å². The third kappa shape index (κ3) is 1.89. The standard InChI is InChI=1S/C11H12FNO4S/c1-13(11(6-7-11)10(14)15)18(16,17)9-4-2-8(12)3-5-9/h2-5H,6-7H2,1H3,(H,14,15). The lowest BCUT2D eigenvalue weighted by atomic mass is 10.3. The van der Waals surface area contributed by atoms with Crippen LogP contribution in [-0.4, -0.2) is 36.4 Å². The van der Waals surface area contributed by atoms with Gasteiger partial charge in [0, 0.05) is 7.05 Å². The molecule has 98 valence electrons. The minimum atomic E-state index is -3.91. The Morgan fingerprint density at radius 1 is 1.33 bits per heavy atom. The van der Waals surface area contributed by atoms with Gasteiger partial charge < -0.3 is 5.11 Å². The second-order valence-corrected chi connectivity index (χ2v) is 6.23. The predicted octanol–water partition coefficient (Wildman–Crippen LogP) is 1.06. The topological polar surface area (TPSA) is 74.7 Å². The van der Waals surface area contributed by atoms with E-state index in [-0.39, 0.29) is 4.90 Å². The molecule has 2 rings (SSSR count). The van der Waals surface area contributed by atoms with Gasteiger partial charge in [-0.25, -0.2) is 12.8 Å². The molecule has 0 bridgehead atoms. The molecule has 1 aliphatic rings. The first-order valence-corrected chi connectivity index (χ1v) is 6.73. The lowest BCUT2D eigenvalue weighted by Crippen LogP contribution is -2.44. The maximum atomic E-state index is 12.7. The number of sulfonamides is 1. The number of carbonyl (C=O) groups is 1. The number of halogens is 1. The van der Waals surface area contributed by atoms with Gasteiger partial charge in [0.1, 0.15) is 11.4 Å². The van der Waals surface area contributed by atoms with Crippen LogP contribution < -0.4 is 0 Å². The smallest absolute Gasteiger partial charge is 0.325 e. The molecule has 1 saturated carbocycles. The van der Waals surface area contributed by atoms with Gasteiger partial charge in [0.15, 0.2) is 0 Å². The third-order valence-electron chi connectivity index (χ3n) is 3.20.